The van der Waals surface area contributed by atoms with Crippen molar-refractivity contribution in [2.45, 2.75) is 13.8 Å². The zero-order valence-electron chi connectivity index (χ0n) is 7.74. The van der Waals surface area contributed by atoms with Gasteiger partial charge in [0.15, 0.2) is 0 Å². The molecule has 0 amide bonds. The van der Waals surface area contributed by atoms with Gasteiger partial charge in [-0.2, -0.15) is 0 Å². The minimum absolute atomic E-state index is 1.12. The molecular formula is C11H11NS. The molecule has 0 aliphatic rings. The number of aromatic nitrogens is 1. The zero-order chi connectivity index (χ0) is 9.42. The van der Waals surface area contributed by atoms with Crippen LogP contribution in [0.25, 0.3) is 5.52 Å². The lowest BCUT2D eigenvalue weighted by Gasteiger charge is -1.98. The van der Waals surface area contributed by atoms with Crippen LogP contribution in [0.5, 0.6) is 0 Å². The number of aryl methyl sites for hydroxylation is 2. The fraction of sp³-hybridized carbons (Fsp3) is 0.182. The Balaban J connectivity index is 2.86. The van der Waals surface area contributed by atoms with E-state index in [0.29, 0.717) is 0 Å². The average Bonchev–Trinajstić information content (AvgIpc) is 2.39. The lowest BCUT2D eigenvalue weighted by Crippen LogP contribution is -1.90. The highest BCUT2D eigenvalue weighted by molar-refractivity contribution is 7.79. The average molecular weight is 189 g/mol. The summed E-state index contributed by atoms with van der Waals surface area (Å²) in [7, 11) is 0. The van der Waals surface area contributed by atoms with E-state index >= 15 is 0 Å². The predicted octanol–water partition coefficient (Wildman–Crippen LogP) is 2.90. The van der Waals surface area contributed by atoms with Crippen LogP contribution in [0.3, 0.4) is 0 Å². The maximum absolute atomic E-state index is 4.97. The summed E-state index contributed by atoms with van der Waals surface area (Å²) in [6, 6.07) is 6.41. The van der Waals surface area contributed by atoms with Crippen molar-refractivity contribution in [3.8, 4) is 0 Å². The summed E-state index contributed by atoms with van der Waals surface area (Å²) in [5.74, 6) is 0. The van der Waals surface area contributed by atoms with E-state index in [1.807, 2.05) is 0 Å². The summed E-state index contributed by atoms with van der Waals surface area (Å²) in [6.45, 7) is 4.18. The van der Waals surface area contributed by atoms with Gasteiger partial charge in [0.2, 0.25) is 0 Å². The molecule has 2 aromatic rings. The van der Waals surface area contributed by atoms with Crippen LogP contribution in [-0.2, 0) is 0 Å². The summed E-state index contributed by atoms with van der Waals surface area (Å²) >= 11 is 4.97. The van der Waals surface area contributed by atoms with Gasteiger partial charge in [-0.25, -0.2) is 0 Å². The van der Waals surface area contributed by atoms with Crippen molar-refractivity contribution in [3.63, 3.8) is 0 Å². The monoisotopic (exact) mass is 189 g/mol. The van der Waals surface area contributed by atoms with Crippen LogP contribution < -0.4 is 0 Å². The number of rotatable bonds is 1. The summed E-state index contributed by atoms with van der Waals surface area (Å²) in [4.78, 5) is 0. The van der Waals surface area contributed by atoms with Gasteiger partial charge in [-0.15, -0.1) is 0 Å². The van der Waals surface area contributed by atoms with Crippen LogP contribution in [0.15, 0.2) is 24.4 Å². The smallest absolute Gasteiger partial charge is 0.0592 e. The molecule has 0 saturated heterocycles. The Hall–Kier alpha value is -1.15. The van der Waals surface area contributed by atoms with Crippen LogP contribution >= 0.6 is 12.2 Å². The number of pyridine rings is 1. The minimum Gasteiger partial charge on any atom is -0.316 e. The molecule has 0 spiro atoms. The second-order valence-electron chi connectivity index (χ2n) is 3.33. The molecule has 2 rings (SSSR count). The molecule has 0 radical (unpaired) electrons. The number of fused-ring (bicyclic) bond motifs is 1. The first kappa shape index (κ1) is 8.45. The molecule has 0 atom stereocenters. The van der Waals surface area contributed by atoms with Gasteiger partial charge >= 0.3 is 0 Å². The Bertz CT molecular complexity index is 468. The molecule has 2 heteroatoms. The molecule has 0 unspecified atom stereocenters. The third-order valence-electron chi connectivity index (χ3n) is 2.28. The first-order valence-corrected chi connectivity index (χ1v) is 4.73. The summed E-state index contributed by atoms with van der Waals surface area (Å²) < 4.78 is 2.12. The van der Waals surface area contributed by atoms with Crippen LogP contribution in [0, 0.1) is 13.8 Å². The lowest BCUT2D eigenvalue weighted by atomic mass is 10.2. The molecule has 0 N–H and O–H groups in total. The first-order chi connectivity index (χ1) is 6.22. The van der Waals surface area contributed by atoms with Gasteiger partial charge in [0, 0.05) is 17.1 Å². The maximum atomic E-state index is 4.97. The van der Waals surface area contributed by atoms with Crippen molar-refractivity contribution in [1.29, 1.82) is 0 Å². The predicted molar refractivity (Wildman–Crippen MR) is 59.6 cm³/mol. The van der Waals surface area contributed by atoms with Gasteiger partial charge in [-0.1, -0.05) is 12.2 Å². The van der Waals surface area contributed by atoms with Crippen molar-refractivity contribution in [1.82, 2.24) is 4.40 Å². The van der Waals surface area contributed by atoms with E-state index in [2.05, 4.69) is 42.6 Å². The number of hydrogen-bond acceptors (Lipinski definition) is 1. The molecule has 0 aliphatic carbocycles. The van der Waals surface area contributed by atoms with E-state index in [1.54, 1.807) is 5.37 Å². The molecular weight excluding hydrogens is 178 g/mol. The molecule has 1 nitrogen and oxygen atoms in total. The largest absolute Gasteiger partial charge is 0.316 e. The van der Waals surface area contributed by atoms with E-state index < -0.39 is 0 Å². The summed E-state index contributed by atoms with van der Waals surface area (Å²) in [5, 5.41) is 1.73. The first-order valence-electron chi connectivity index (χ1n) is 4.26. The lowest BCUT2D eigenvalue weighted by molar-refractivity contribution is 1.16. The van der Waals surface area contributed by atoms with Crippen LogP contribution in [0.1, 0.15) is 16.8 Å². The van der Waals surface area contributed by atoms with E-state index in [-0.39, 0.29) is 0 Å². The van der Waals surface area contributed by atoms with E-state index in [0.717, 1.165) is 5.69 Å². The molecule has 0 bridgehead atoms. The van der Waals surface area contributed by atoms with Gasteiger partial charge < -0.3 is 4.40 Å². The Morgan fingerprint density at radius 3 is 2.77 bits per heavy atom. The second kappa shape index (κ2) is 2.96. The highest BCUT2D eigenvalue weighted by Gasteiger charge is 2.02. The quantitative estimate of drug-likeness (QED) is 0.624. The molecule has 2 aromatic heterocycles. The minimum atomic E-state index is 1.12. The molecule has 66 valence electrons. The summed E-state index contributed by atoms with van der Waals surface area (Å²) in [6.07, 6.45) is 2.07. The van der Waals surface area contributed by atoms with Crippen molar-refractivity contribution in [3.05, 3.63) is 41.2 Å². The molecule has 0 saturated carbocycles. The van der Waals surface area contributed by atoms with Gasteiger partial charge in [0.05, 0.1) is 5.69 Å². The summed E-state index contributed by atoms with van der Waals surface area (Å²) in [5.41, 5.74) is 4.85. The Kier molecular flexibility index (Phi) is 1.93. The standard InChI is InChI=1S/C11H11NS/c1-8-3-4-12-10(5-8)6-9(2)11(12)7-13/h3-7H,1-2H3. The fourth-order valence-corrected chi connectivity index (χ4v) is 1.89. The van der Waals surface area contributed by atoms with E-state index in [4.69, 9.17) is 12.2 Å². The Morgan fingerprint density at radius 2 is 2.08 bits per heavy atom. The SMILES string of the molecule is Cc1ccn2c(C=S)c(C)cc2c1. The second-order valence-corrected chi connectivity index (χ2v) is 3.57. The van der Waals surface area contributed by atoms with Crippen molar-refractivity contribution in [2.75, 3.05) is 0 Å². The topological polar surface area (TPSA) is 4.41 Å². The molecule has 2 heterocycles. The van der Waals surface area contributed by atoms with Crippen LogP contribution in [0.2, 0.25) is 0 Å². The Labute approximate surface area is 83.0 Å². The van der Waals surface area contributed by atoms with Crippen LogP contribution in [0.4, 0.5) is 0 Å². The highest BCUT2D eigenvalue weighted by Crippen LogP contribution is 2.15. The van der Waals surface area contributed by atoms with Gasteiger partial charge in [-0.05, 0) is 43.2 Å². The van der Waals surface area contributed by atoms with Gasteiger partial charge in [0.25, 0.3) is 0 Å². The highest BCUT2D eigenvalue weighted by atomic mass is 32.1. The van der Waals surface area contributed by atoms with Crippen molar-refractivity contribution >= 4 is 23.1 Å². The molecule has 0 aromatic carbocycles. The molecule has 13 heavy (non-hydrogen) atoms. The normalized spacial score (nSPS) is 10.6. The fourth-order valence-electron chi connectivity index (χ4n) is 1.60. The number of hydrogen-bond donors (Lipinski definition) is 0. The third-order valence-corrected chi connectivity index (χ3v) is 2.50. The molecule has 0 aliphatic heterocycles. The van der Waals surface area contributed by atoms with Gasteiger partial charge in [-0.3, -0.25) is 0 Å². The molecule has 0 fully saturated rings. The maximum Gasteiger partial charge on any atom is 0.0592 e. The zero-order valence-corrected chi connectivity index (χ0v) is 8.56. The van der Waals surface area contributed by atoms with E-state index in [9.17, 15) is 0 Å². The third kappa shape index (κ3) is 1.27. The van der Waals surface area contributed by atoms with Crippen LogP contribution in [-0.4, -0.2) is 9.77 Å². The van der Waals surface area contributed by atoms with E-state index in [1.165, 1.54) is 16.6 Å². The van der Waals surface area contributed by atoms with Crippen molar-refractivity contribution < 1.29 is 0 Å². The number of thiocarbonyl (C=S) groups is 1. The number of nitrogens with zero attached hydrogens (tertiary/aromatic N) is 1. The Morgan fingerprint density at radius 1 is 1.31 bits per heavy atom. The van der Waals surface area contributed by atoms with Crippen molar-refractivity contribution in [2.24, 2.45) is 0 Å². The van der Waals surface area contributed by atoms with Gasteiger partial charge in [0.1, 0.15) is 0 Å².